The number of Topliss-reactive ketones (excluding diaryl/α,β-unsaturated/α-hetero) is 1. The molecule has 3 fully saturated rings. The van der Waals surface area contributed by atoms with E-state index < -0.39 is 16.2 Å². The summed E-state index contributed by atoms with van der Waals surface area (Å²) in [6.07, 6.45) is 6.79. The van der Waals surface area contributed by atoms with Gasteiger partial charge in [0.25, 0.3) is 10.1 Å². The molecule has 1 aromatic carbocycles. The second-order valence-corrected chi connectivity index (χ2v) is 13.3. The van der Waals surface area contributed by atoms with E-state index in [0.29, 0.717) is 18.8 Å². The maximum atomic E-state index is 13.5. The van der Waals surface area contributed by atoms with Gasteiger partial charge in [0.15, 0.2) is 5.78 Å². The van der Waals surface area contributed by atoms with Crippen LogP contribution < -0.4 is 0 Å². The summed E-state index contributed by atoms with van der Waals surface area (Å²) in [6.45, 7) is 8.02. The first-order valence-corrected chi connectivity index (χ1v) is 14.1. The average Bonchev–Trinajstić information content (AvgIpc) is 3.11. The summed E-state index contributed by atoms with van der Waals surface area (Å²) < 4.78 is 33.1. The molecule has 34 heavy (non-hydrogen) atoms. The van der Waals surface area contributed by atoms with Gasteiger partial charge in [-0.2, -0.15) is 8.42 Å². The summed E-state index contributed by atoms with van der Waals surface area (Å²) in [5.41, 5.74) is 1.64. The van der Waals surface area contributed by atoms with Crippen molar-refractivity contribution in [2.75, 3.05) is 0 Å². The van der Waals surface area contributed by atoms with Gasteiger partial charge in [-0.3, -0.25) is 13.8 Å². The molecule has 7 atom stereocenters. The van der Waals surface area contributed by atoms with Crippen molar-refractivity contribution in [1.82, 2.24) is 0 Å². The molecular formula is C28H36O5S. The quantitative estimate of drug-likeness (QED) is 0.534. The zero-order valence-electron chi connectivity index (χ0n) is 20.7. The fourth-order valence-electron chi connectivity index (χ4n) is 8.33. The Morgan fingerprint density at radius 2 is 1.76 bits per heavy atom. The largest absolute Gasteiger partial charge is 0.300 e. The molecule has 0 N–H and O–H groups in total. The molecule has 0 radical (unpaired) electrons. The van der Waals surface area contributed by atoms with E-state index in [2.05, 4.69) is 13.8 Å². The van der Waals surface area contributed by atoms with Crippen molar-refractivity contribution in [1.29, 1.82) is 0 Å². The van der Waals surface area contributed by atoms with Crippen molar-refractivity contribution in [3.05, 3.63) is 41.5 Å². The number of carbonyl (C=O) groups is 2. The Hall–Kier alpha value is -1.79. The zero-order valence-corrected chi connectivity index (χ0v) is 21.5. The lowest BCUT2D eigenvalue weighted by Crippen LogP contribution is -2.57. The van der Waals surface area contributed by atoms with Crippen LogP contribution in [0.2, 0.25) is 0 Å². The van der Waals surface area contributed by atoms with E-state index in [9.17, 15) is 18.0 Å². The second kappa shape index (κ2) is 8.12. The van der Waals surface area contributed by atoms with Gasteiger partial charge >= 0.3 is 0 Å². The molecule has 4 aliphatic carbocycles. The summed E-state index contributed by atoms with van der Waals surface area (Å²) in [6, 6.07) is 6.79. The molecule has 4 aliphatic rings. The smallest absolute Gasteiger partial charge is 0.297 e. The average molecular weight is 485 g/mol. The minimum atomic E-state index is -3.97. The molecule has 0 aliphatic heterocycles. The van der Waals surface area contributed by atoms with Crippen LogP contribution in [0.5, 0.6) is 0 Å². The monoisotopic (exact) mass is 484 g/mol. The number of hydrogen-bond donors (Lipinski definition) is 0. The highest BCUT2D eigenvalue weighted by Gasteiger charge is 2.63. The molecule has 0 heterocycles. The first-order valence-electron chi connectivity index (χ1n) is 12.7. The molecule has 1 aromatic rings. The van der Waals surface area contributed by atoms with Crippen molar-refractivity contribution in [2.24, 2.45) is 34.5 Å². The van der Waals surface area contributed by atoms with Crippen LogP contribution in [0.15, 0.2) is 40.8 Å². The van der Waals surface area contributed by atoms with Crippen molar-refractivity contribution in [3.8, 4) is 0 Å². The van der Waals surface area contributed by atoms with Crippen molar-refractivity contribution in [3.63, 3.8) is 0 Å². The number of hydrogen-bond acceptors (Lipinski definition) is 5. The number of benzene rings is 1. The van der Waals surface area contributed by atoms with Gasteiger partial charge in [-0.15, -0.1) is 0 Å². The Morgan fingerprint density at radius 3 is 2.44 bits per heavy atom. The minimum Gasteiger partial charge on any atom is -0.300 e. The standard InChI is InChI=1S/C28H36O5S/c1-17-5-8-21(9-6-17)34(31,32)33-25-16-28(4)23(18(2)29)11-12-24(28)22-10-7-19-15-20(30)13-14-27(19,3)26(22)25/h5-6,8-9,15,22-26H,7,10-14,16H2,1-4H3/t22-,23+,24-,25?,26+,27-,28+/m0/s1. The van der Waals surface area contributed by atoms with Crippen LogP contribution in [-0.2, 0) is 23.9 Å². The van der Waals surface area contributed by atoms with Crippen LogP contribution in [0.4, 0.5) is 0 Å². The fraction of sp³-hybridized carbons (Fsp3) is 0.643. The van der Waals surface area contributed by atoms with Gasteiger partial charge in [0.1, 0.15) is 5.78 Å². The maximum Gasteiger partial charge on any atom is 0.297 e. The number of carbonyl (C=O) groups excluding carboxylic acids is 2. The highest BCUT2D eigenvalue weighted by molar-refractivity contribution is 7.86. The van der Waals surface area contributed by atoms with Gasteiger partial charge in [-0.25, -0.2) is 0 Å². The van der Waals surface area contributed by atoms with Gasteiger partial charge in [-0.05, 0) is 99.2 Å². The Balaban J connectivity index is 1.58. The van der Waals surface area contributed by atoms with Crippen LogP contribution in [-0.4, -0.2) is 26.1 Å². The first kappa shape index (κ1) is 23.9. The number of rotatable bonds is 4. The van der Waals surface area contributed by atoms with E-state index in [1.165, 1.54) is 0 Å². The van der Waals surface area contributed by atoms with Crippen LogP contribution in [0, 0.1) is 41.4 Å². The summed E-state index contributed by atoms with van der Waals surface area (Å²) in [4.78, 5) is 25.1. The lowest BCUT2D eigenvalue weighted by atomic mass is 9.46. The first-order chi connectivity index (χ1) is 16.0. The maximum absolute atomic E-state index is 13.5. The Morgan fingerprint density at radius 1 is 1.06 bits per heavy atom. The second-order valence-electron chi connectivity index (χ2n) is 11.7. The number of aryl methyl sites for hydroxylation is 1. The lowest BCUT2D eigenvalue weighted by Gasteiger charge is -2.60. The van der Waals surface area contributed by atoms with Gasteiger partial charge < -0.3 is 0 Å². The topological polar surface area (TPSA) is 77.5 Å². The highest BCUT2D eigenvalue weighted by atomic mass is 32.2. The molecule has 0 spiro atoms. The molecule has 5 nitrogen and oxygen atoms in total. The van der Waals surface area contributed by atoms with E-state index in [4.69, 9.17) is 4.18 Å². The van der Waals surface area contributed by atoms with E-state index in [1.807, 2.05) is 13.0 Å². The van der Waals surface area contributed by atoms with E-state index >= 15 is 0 Å². The Labute approximate surface area is 203 Å². The van der Waals surface area contributed by atoms with Gasteiger partial charge in [0.2, 0.25) is 0 Å². The molecule has 6 heteroatoms. The fourth-order valence-corrected chi connectivity index (χ4v) is 9.42. The van der Waals surface area contributed by atoms with E-state index in [-0.39, 0.29) is 45.0 Å². The van der Waals surface area contributed by atoms with Crippen molar-refractivity contribution >= 4 is 21.7 Å². The third-order valence-corrected chi connectivity index (χ3v) is 11.3. The third-order valence-electron chi connectivity index (χ3n) is 9.92. The molecule has 3 saturated carbocycles. The van der Waals surface area contributed by atoms with Gasteiger partial charge in [-0.1, -0.05) is 37.1 Å². The molecule has 5 rings (SSSR count). The van der Waals surface area contributed by atoms with Crippen LogP contribution in [0.25, 0.3) is 0 Å². The van der Waals surface area contributed by atoms with Crippen molar-refractivity contribution in [2.45, 2.75) is 83.6 Å². The summed E-state index contributed by atoms with van der Waals surface area (Å²) in [5.74, 6) is 1.01. The molecule has 184 valence electrons. The molecule has 1 unspecified atom stereocenters. The van der Waals surface area contributed by atoms with Crippen molar-refractivity contribution < 1.29 is 22.2 Å². The van der Waals surface area contributed by atoms with Crippen LogP contribution in [0.1, 0.15) is 71.3 Å². The zero-order chi connectivity index (χ0) is 24.5. The highest BCUT2D eigenvalue weighted by Crippen LogP contribution is 2.67. The van der Waals surface area contributed by atoms with Gasteiger partial charge in [0.05, 0.1) is 11.0 Å². The molecule has 0 aromatic heterocycles. The molecule has 0 saturated heterocycles. The van der Waals surface area contributed by atoms with Gasteiger partial charge in [0, 0.05) is 12.3 Å². The normalized spacial score (nSPS) is 39.6. The SMILES string of the molecule is CC(=O)[C@H]1CC[C@H]2[C@@H]3CCC4=CC(=O)CC[C@]4(C)[C@H]3C(OS(=O)(=O)c3ccc(C)cc3)C[C@]12C. The predicted octanol–water partition coefficient (Wildman–Crippen LogP) is 5.42. The molecular weight excluding hydrogens is 448 g/mol. The number of ketones is 2. The van der Waals surface area contributed by atoms with E-state index in [1.54, 1.807) is 31.2 Å². The number of fused-ring (bicyclic) bond motifs is 5. The predicted molar refractivity (Wildman–Crippen MR) is 130 cm³/mol. The lowest BCUT2D eigenvalue weighted by molar-refractivity contribution is -0.139. The molecule has 0 bridgehead atoms. The number of allylic oxidation sites excluding steroid dienone is 1. The Bertz CT molecular complexity index is 1150. The summed E-state index contributed by atoms with van der Waals surface area (Å²) in [5, 5.41) is 0. The third kappa shape index (κ3) is 3.63. The Kier molecular flexibility index (Phi) is 5.72. The van der Waals surface area contributed by atoms with Crippen LogP contribution in [0.3, 0.4) is 0 Å². The summed E-state index contributed by atoms with van der Waals surface area (Å²) >= 11 is 0. The molecule has 0 amide bonds. The van der Waals surface area contributed by atoms with E-state index in [0.717, 1.165) is 43.2 Å². The summed E-state index contributed by atoms with van der Waals surface area (Å²) in [7, 11) is -3.97. The minimum absolute atomic E-state index is 0.0182. The van der Waals surface area contributed by atoms with Crippen LogP contribution >= 0.6 is 0 Å².